The van der Waals surface area contributed by atoms with Gasteiger partial charge in [0.15, 0.2) is 0 Å². The highest BCUT2D eigenvalue weighted by atomic mass is 32.1. The third kappa shape index (κ3) is 1.92. The molecule has 2 fully saturated rings. The number of carbonyl (C=O) groups is 2. The van der Waals surface area contributed by atoms with Gasteiger partial charge in [0.25, 0.3) is 0 Å². The number of carboxylic acids is 1. The highest BCUT2D eigenvalue weighted by Gasteiger charge is 2.54. The Balaban J connectivity index is 1.68. The molecule has 2 aliphatic carbocycles. The van der Waals surface area contributed by atoms with Crippen LogP contribution in [0.4, 0.5) is 5.69 Å². The number of amides is 1. The highest BCUT2D eigenvalue weighted by Crippen LogP contribution is 2.55. The zero-order valence-electron chi connectivity index (χ0n) is 9.89. The third-order valence-electron chi connectivity index (χ3n) is 4.08. The number of hydrogen-bond donors (Lipinski definition) is 2. The Morgan fingerprint density at radius 3 is 2.56 bits per heavy atom. The van der Waals surface area contributed by atoms with Gasteiger partial charge in [-0.25, -0.2) is 4.79 Å². The minimum absolute atomic E-state index is 0.00722. The van der Waals surface area contributed by atoms with E-state index in [1.165, 1.54) is 12.8 Å². The Hall–Kier alpha value is -1.36. The minimum Gasteiger partial charge on any atom is -0.477 e. The summed E-state index contributed by atoms with van der Waals surface area (Å²) in [7, 11) is 0. The van der Waals surface area contributed by atoms with Crippen LogP contribution in [0.3, 0.4) is 0 Å². The van der Waals surface area contributed by atoms with Crippen molar-refractivity contribution in [3.63, 3.8) is 0 Å². The molecule has 2 saturated carbocycles. The molecule has 2 aliphatic rings. The van der Waals surface area contributed by atoms with Gasteiger partial charge in [-0.05, 0) is 36.1 Å². The minimum atomic E-state index is -0.978. The molecular weight excluding hydrogens is 250 g/mol. The topological polar surface area (TPSA) is 66.4 Å². The van der Waals surface area contributed by atoms with E-state index in [0.717, 1.165) is 24.2 Å². The number of anilines is 1. The molecule has 2 atom stereocenters. The number of fused-ring (bicyclic) bond motifs is 1. The summed E-state index contributed by atoms with van der Waals surface area (Å²) in [6.07, 6.45) is 4.75. The molecule has 0 aromatic carbocycles. The SMILES string of the molecule is O=C(O)c1sccc1NC(=O)C1C2CCCCC21. The lowest BCUT2D eigenvalue weighted by Gasteiger charge is -2.04. The van der Waals surface area contributed by atoms with Crippen LogP contribution in [0, 0.1) is 17.8 Å². The van der Waals surface area contributed by atoms with Gasteiger partial charge in [0.1, 0.15) is 4.88 Å². The molecule has 18 heavy (non-hydrogen) atoms. The van der Waals surface area contributed by atoms with Crippen LogP contribution < -0.4 is 5.32 Å². The lowest BCUT2D eigenvalue weighted by atomic mass is 10.0. The third-order valence-corrected chi connectivity index (χ3v) is 4.98. The summed E-state index contributed by atoms with van der Waals surface area (Å²) in [6.45, 7) is 0. The van der Waals surface area contributed by atoms with Gasteiger partial charge in [-0.1, -0.05) is 12.8 Å². The molecular formula is C13H15NO3S. The summed E-state index contributed by atoms with van der Waals surface area (Å²) in [6, 6.07) is 1.66. The summed E-state index contributed by atoms with van der Waals surface area (Å²) in [5.74, 6) is 0.242. The molecule has 3 rings (SSSR count). The van der Waals surface area contributed by atoms with Crippen LogP contribution in [0.2, 0.25) is 0 Å². The van der Waals surface area contributed by atoms with Gasteiger partial charge in [-0.3, -0.25) is 4.79 Å². The van der Waals surface area contributed by atoms with E-state index in [9.17, 15) is 9.59 Å². The van der Waals surface area contributed by atoms with Crippen LogP contribution in [0.1, 0.15) is 35.4 Å². The molecule has 1 heterocycles. The predicted octanol–water partition coefficient (Wildman–Crippen LogP) is 2.82. The summed E-state index contributed by atoms with van der Waals surface area (Å²) in [4.78, 5) is 23.3. The van der Waals surface area contributed by atoms with Gasteiger partial charge in [0, 0.05) is 5.92 Å². The van der Waals surface area contributed by atoms with E-state index in [1.807, 2.05) is 0 Å². The van der Waals surface area contributed by atoms with Gasteiger partial charge in [-0.15, -0.1) is 11.3 Å². The molecule has 5 heteroatoms. The molecule has 0 spiro atoms. The Morgan fingerprint density at radius 2 is 1.94 bits per heavy atom. The molecule has 2 unspecified atom stereocenters. The van der Waals surface area contributed by atoms with Crippen molar-refractivity contribution < 1.29 is 14.7 Å². The first-order valence-electron chi connectivity index (χ1n) is 6.30. The van der Waals surface area contributed by atoms with Crippen molar-refractivity contribution >= 4 is 28.9 Å². The van der Waals surface area contributed by atoms with Crippen molar-refractivity contribution in [2.24, 2.45) is 17.8 Å². The zero-order chi connectivity index (χ0) is 12.7. The van der Waals surface area contributed by atoms with E-state index in [0.29, 0.717) is 17.5 Å². The highest BCUT2D eigenvalue weighted by molar-refractivity contribution is 7.12. The number of carboxylic acid groups (broad SMARTS) is 1. The first-order valence-corrected chi connectivity index (χ1v) is 7.18. The molecule has 0 saturated heterocycles. The van der Waals surface area contributed by atoms with Crippen molar-refractivity contribution in [2.75, 3.05) is 5.32 Å². The standard InChI is InChI=1S/C13H15NO3S/c15-12(10-7-3-1-2-4-8(7)10)14-9-5-6-18-11(9)13(16)17/h5-8,10H,1-4H2,(H,14,15)(H,16,17). The Labute approximate surface area is 109 Å². The van der Waals surface area contributed by atoms with E-state index in [-0.39, 0.29) is 16.7 Å². The number of thiophene rings is 1. The van der Waals surface area contributed by atoms with Crippen molar-refractivity contribution in [3.05, 3.63) is 16.3 Å². The van der Waals surface area contributed by atoms with E-state index >= 15 is 0 Å². The molecule has 0 radical (unpaired) electrons. The quantitative estimate of drug-likeness (QED) is 0.883. The fourth-order valence-corrected chi connectivity index (χ4v) is 3.86. The monoisotopic (exact) mass is 265 g/mol. The molecule has 96 valence electrons. The van der Waals surface area contributed by atoms with Crippen molar-refractivity contribution in [1.29, 1.82) is 0 Å². The zero-order valence-corrected chi connectivity index (χ0v) is 10.7. The van der Waals surface area contributed by atoms with Gasteiger partial charge in [0.05, 0.1) is 5.69 Å². The second-order valence-electron chi connectivity index (χ2n) is 5.10. The van der Waals surface area contributed by atoms with Crippen molar-refractivity contribution in [1.82, 2.24) is 0 Å². The number of hydrogen-bond acceptors (Lipinski definition) is 3. The lowest BCUT2D eigenvalue weighted by molar-refractivity contribution is -0.117. The van der Waals surface area contributed by atoms with Gasteiger partial charge in [0.2, 0.25) is 5.91 Å². The molecule has 1 amide bonds. The fraction of sp³-hybridized carbons (Fsp3) is 0.538. The van der Waals surface area contributed by atoms with Gasteiger partial charge < -0.3 is 10.4 Å². The lowest BCUT2D eigenvalue weighted by Crippen LogP contribution is -2.16. The normalized spacial score (nSPS) is 29.4. The summed E-state index contributed by atoms with van der Waals surface area (Å²) >= 11 is 1.14. The second-order valence-corrected chi connectivity index (χ2v) is 6.01. The molecule has 1 aromatic heterocycles. The summed E-state index contributed by atoms with van der Waals surface area (Å²) in [5.41, 5.74) is 0.446. The largest absolute Gasteiger partial charge is 0.477 e. The predicted molar refractivity (Wildman–Crippen MR) is 68.8 cm³/mol. The maximum atomic E-state index is 12.1. The Bertz CT molecular complexity index is 484. The average Bonchev–Trinajstić information content (AvgIpc) is 2.90. The van der Waals surface area contributed by atoms with Gasteiger partial charge >= 0.3 is 5.97 Å². The van der Waals surface area contributed by atoms with E-state index in [4.69, 9.17) is 5.11 Å². The summed E-state index contributed by atoms with van der Waals surface area (Å²) < 4.78 is 0. The van der Waals surface area contributed by atoms with Crippen LogP contribution in [0.15, 0.2) is 11.4 Å². The number of rotatable bonds is 3. The van der Waals surface area contributed by atoms with Crippen LogP contribution in [0.25, 0.3) is 0 Å². The van der Waals surface area contributed by atoms with E-state index < -0.39 is 5.97 Å². The Kier molecular flexibility index (Phi) is 2.86. The van der Waals surface area contributed by atoms with Crippen LogP contribution in [-0.2, 0) is 4.79 Å². The molecule has 1 aromatic rings. The number of carbonyl (C=O) groups excluding carboxylic acids is 1. The smallest absolute Gasteiger partial charge is 0.348 e. The first kappa shape index (κ1) is 11.7. The molecule has 4 nitrogen and oxygen atoms in total. The maximum absolute atomic E-state index is 12.1. The maximum Gasteiger partial charge on any atom is 0.348 e. The van der Waals surface area contributed by atoms with Crippen molar-refractivity contribution in [2.45, 2.75) is 25.7 Å². The molecule has 2 N–H and O–H groups in total. The summed E-state index contributed by atoms with van der Waals surface area (Å²) in [5, 5.41) is 13.5. The Morgan fingerprint density at radius 1 is 1.28 bits per heavy atom. The molecule has 0 bridgehead atoms. The number of aromatic carboxylic acids is 1. The van der Waals surface area contributed by atoms with Gasteiger partial charge in [-0.2, -0.15) is 0 Å². The second kappa shape index (κ2) is 4.39. The van der Waals surface area contributed by atoms with E-state index in [1.54, 1.807) is 11.4 Å². The first-order chi connectivity index (χ1) is 8.68. The van der Waals surface area contributed by atoms with Crippen LogP contribution in [0.5, 0.6) is 0 Å². The van der Waals surface area contributed by atoms with Crippen LogP contribution >= 0.6 is 11.3 Å². The fourth-order valence-electron chi connectivity index (χ4n) is 3.17. The van der Waals surface area contributed by atoms with Crippen LogP contribution in [-0.4, -0.2) is 17.0 Å². The average molecular weight is 265 g/mol. The van der Waals surface area contributed by atoms with E-state index in [2.05, 4.69) is 5.32 Å². The molecule has 0 aliphatic heterocycles. The van der Waals surface area contributed by atoms with Crippen molar-refractivity contribution in [3.8, 4) is 0 Å². The number of nitrogens with one attached hydrogen (secondary N) is 1.